The quantitative estimate of drug-likeness (QED) is 0.488. The Bertz CT molecular complexity index is 1260. The molecule has 2 fully saturated rings. The lowest BCUT2D eigenvalue weighted by molar-refractivity contribution is 0.187. The molecule has 3 heterocycles. The molecule has 1 aliphatic heterocycles. The van der Waals surface area contributed by atoms with Gasteiger partial charge in [-0.15, -0.1) is 0 Å². The first-order chi connectivity index (χ1) is 16.9. The number of anilines is 3. The number of rotatable bonds is 4. The van der Waals surface area contributed by atoms with E-state index in [2.05, 4.69) is 34.1 Å². The molecule has 1 aromatic carbocycles. The van der Waals surface area contributed by atoms with Gasteiger partial charge in [-0.25, -0.2) is 15.0 Å². The molecule has 0 radical (unpaired) electrons. The van der Waals surface area contributed by atoms with Gasteiger partial charge in [-0.2, -0.15) is 0 Å². The lowest BCUT2D eigenvalue weighted by atomic mass is 9.73. The van der Waals surface area contributed by atoms with Crippen LogP contribution in [0.25, 0.3) is 0 Å². The van der Waals surface area contributed by atoms with Gasteiger partial charge in [0.2, 0.25) is 0 Å². The maximum absolute atomic E-state index is 6.81. The number of benzene rings is 1. The second-order valence-electron chi connectivity index (χ2n) is 10.4. The zero-order chi connectivity index (χ0) is 24.2. The van der Waals surface area contributed by atoms with Crippen LogP contribution in [0, 0.1) is 12.3 Å². The van der Waals surface area contributed by atoms with E-state index in [0.29, 0.717) is 17.6 Å². The van der Waals surface area contributed by atoms with Crippen LogP contribution in [0.3, 0.4) is 0 Å². The highest BCUT2D eigenvalue weighted by molar-refractivity contribution is 7.99. The number of nitrogens with zero attached hydrogens (tertiary/aromatic N) is 4. The van der Waals surface area contributed by atoms with Gasteiger partial charge in [-0.05, 0) is 61.6 Å². The van der Waals surface area contributed by atoms with Crippen LogP contribution in [0.5, 0.6) is 0 Å². The Morgan fingerprint density at radius 1 is 1.03 bits per heavy atom. The fourth-order valence-electron chi connectivity index (χ4n) is 5.92. The zero-order valence-corrected chi connectivity index (χ0v) is 21.0. The van der Waals surface area contributed by atoms with Crippen LogP contribution >= 0.6 is 11.8 Å². The first-order valence-electron chi connectivity index (χ1n) is 12.6. The highest BCUT2D eigenvalue weighted by Crippen LogP contribution is 2.51. The van der Waals surface area contributed by atoms with Gasteiger partial charge in [0.15, 0.2) is 11.6 Å². The van der Waals surface area contributed by atoms with E-state index in [1.165, 1.54) is 29.3 Å². The molecule has 35 heavy (non-hydrogen) atoms. The predicted octanol–water partition coefficient (Wildman–Crippen LogP) is 4.61. The van der Waals surface area contributed by atoms with Crippen molar-refractivity contribution >= 4 is 29.2 Å². The van der Waals surface area contributed by atoms with E-state index >= 15 is 0 Å². The summed E-state index contributed by atoms with van der Waals surface area (Å²) in [6, 6.07) is 10.8. The molecule has 6 rings (SSSR count). The topological polar surface area (TPSA) is 120 Å². The van der Waals surface area contributed by atoms with Gasteiger partial charge in [0.25, 0.3) is 0 Å². The van der Waals surface area contributed by atoms with Gasteiger partial charge in [0.05, 0.1) is 5.69 Å². The van der Waals surface area contributed by atoms with Crippen LogP contribution in [0.2, 0.25) is 0 Å². The molecule has 6 N–H and O–H groups in total. The first-order valence-corrected chi connectivity index (χ1v) is 13.4. The second kappa shape index (κ2) is 8.68. The molecule has 0 amide bonds. The molecule has 2 aliphatic carbocycles. The van der Waals surface area contributed by atoms with Crippen LogP contribution in [0.15, 0.2) is 46.5 Å². The number of piperidine rings is 1. The fourth-order valence-corrected chi connectivity index (χ4v) is 6.81. The minimum atomic E-state index is 0.109. The number of pyridine rings is 1. The highest BCUT2D eigenvalue weighted by atomic mass is 32.2. The maximum atomic E-state index is 6.81. The summed E-state index contributed by atoms with van der Waals surface area (Å²) in [5.41, 5.74) is 24.3. The highest BCUT2D eigenvalue weighted by Gasteiger charge is 2.46. The van der Waals surface area contributed by atoms with E-state index in [1.54, 1.807) is 6.20 Å². The van der Waals surface area contributed by atoms with Crippen molar-refractivity contribution in [3.05, 3.63) is 58.9 Å². The van der Waals surface area contributed by atoms with Crippen LogP contribution in [0.1, 0.15) is 66.4 Å². The number of nitrogens with two attached hydrogens (primary N) is 3. The lowest BCUT2D eigenvalue weighted by Gasteiger charge is -2.43. The number of hydrogen-bond acceptors (Lipinski definition) is 8. The Hall–Kier alpha value is -2.84. The number of aromatic nitrogens is 3. The summed E-state index contributed by atoms with van der Waals surface area (Å²) < 4.78 is 0. The predicted molar refractivity (Wildman–Crippen MR) is 142 cm³/mol. The van der Waals surface area contributed by atoms with E-state index in [1.807, 2.05) is 13.0 Å². The smallest absolute Gasteiger partial charge is 0.158 e. The average molecular weight is 488 g/mol. The molecular formula is C27H33N7S. The number of fused-ring (bicyclic) bond motifs is 1. The molecule has 1 atom stereocenters. The summed E-state index contributed by atoms with van der Waals surface area (Å²) >= 11 is 1.53. The van der Waals surface area contributed by atoms with Crippen molar-refractivity contribution in [3.8, 4) is 0 Å². The minimum absolute atomic E-state index is 0.109. The zero-order valence-electron chi connectivity index (χ0n) is 20.2. The van der Waals surface area contributed by atoms with Crippen molar-refractivity contribution in [1.29, 1.82) is 0 Å². The standard InChI is InChI=1S/C27H33N7S/c1-16-20(9-12-31-23(16)29)35-26-24(30)33-25(21(32-26)17-6-4-7-17)34-13-10-27(11-14-34)15-18-5-2-3-8-19(18)22(27)28/h2-3,5,8-9,12,17,22H,4,6-7,10-11,13-15,28H2,1H3,(H2,29,31)(H2,30,33). The third kappa shape index (κ3) is 3.83. The van der Waals surface area contributed by atoms with Crippen molar-refractivity contribution in [2.45, 2.75) is 67.3 Å². The van der Waals surface area contributed by atoms with E-state index in [4.69, 9.17) is 27.2 Å². The molecule has 1 saturated heterocycles. The average Bonchev–Trinajstić information content (AvgIpc) is 3.09. The molecule has 182 valence electrons. The largest absolute Gasteiger partial charge is 0.383 e. The third-order valence-corrected chi connectivity index (χ3v) is 9.60. The summed E-state index contributed by atoms with van der Waals surface area (Å²) in [5, 5.41) is 0.756. The van der Waals surface area contributed by atoms with Crippen molar-refractivity contribution in [2.24, 2.45) is 11.1 Å². The molecule has 3 aliphatic rings. The van der Waals surface area contributed by atoms with Crippen LogP contribution in [-0.2, 0) is 6.42 Å². The molecule has 0 bridgehead atoms. The number of nitrogen functional groups attached to an aromatic ring is 2. The first kappa shape index (κ1) is 22.6. The summed E-state index contributed by atoms with van der Waals surface area (Å²) in [4.78, 5) is 17.7. The normalized spacial score (nSPS) is 21.2. The van der Waals surface area contributed by atoms with Gasteiger partial charge in [0, 0.05) is 41.7 Å². The van der Waals surface area contributed by atoms with Gasteiger partial charge in [-0.1, -0.05) is 42.4 Å². The molecular weight excluding hydrogens is 454 g/mol. The molecule has 1 unspecified atom stereocenters. The summed E-state index contributed by atoms with van der Waals surface area (Å²) in [7, 11) is 0. The Morgan fingerprint density at radius 3 is 2.51 bits per heavy atom. The van der Waals surface area contributed by atoms with Gasteiger partial charge in [-0.3, -0.25) is 0 Å². The fraction of sp³-hybridized carbons (Fsp3) is 0.444. The number of hydrogen-bond donors (Lipinski definition) is 3. The van der Waals surface area contributed by atoms with Crippen molar-refractivity contribution in [3.63, 3.8) is 0 Å². The summed E-state index contributed by atoms with van der Waals surface area (Å²) in [5.74, 6) is 2.44. The Morgan fingerprint density at radius 2 is 1.80 bits per heavy atom. The van der Waals surface area contributed by atoms with Gasteiger partial charge >= 0.3 is 0 Å². The molecule has 8 heteroatoms. The van der Waals surface area contributed by atoms with E-state index in [9.17, 15) is 0 Å². The maximum Gasteiger partial charge on any atom is 0.158 e. The lowest BCUT2D eigenvalue weighted by Crippen LogP contribution is -2.45. The Kier molecular flexibility index (Phi) is 5.60. The van der Waals surface area contributed by atoms with Crippen molar-refractivity contribution < 1.29 is 0 Å². The summed E-state index contributed by atoms with van der Waals surface area (Å²) in [6.45, 7) is 3.84. The van der Waals surface area contributed by atoms with Crippen molar-refractivity contribution in [1.82, 2.24) is 15.0 Å². The van der Waals surface area contributed by atoms with Crippen LogP contribution < -0.4 is 22.1 Å². The second-order valence-corrected chi connectivity index (χ2v) is 11.4. The Balaban J connectivity index is 1.27. The monoisotopic (exact) mass is 487 g/mol. The van der Waals surface area contributed by atoms with E-state index in [0.717, 1.165) is 72.2 Å². The SMILES string of the molecule is Cc1c(Sc2nc(C3CCC3)c(N3CCC4(CC3)Cc3ccccc3C4N)nc2N)ccnc1N. The molecule has 3 aromatic rings. The third-order valence-electron chi connectivity index (χ3n) is 8.44. The molecule has 7 nitrogen and oxygen atoms in total. The van der Waals surface area contributed by atoms with Crippen LogP contribution in [-0.4, -0.2) is 28.0 Å². The minimum Gasteiger partial charge on any atom is -0.383 e. The summed E-state index contributed by atoms with van der Waals surface area (Å²) in [6.07, 6.45) is 8.48. The van der Waals surface area contributed by atoms with E-state index < -0.39 is 0 Å². The van der Waals surface area contributed by atoms with Gasteiger partial charge < -0.3 is 22.1 Å². The van der Waals surface area contributed by atoms with E-state index in [-0.39, 0.29) is 11.5 Å². The van der Waals surface area contributed by atoms with Crippen LogP contribution in [0.4, 0.5) is 17.5 Å². The molecule has 1 saturated carbocycles. The molecule has 1 spiro atoms. The Labute approximate surface area is 210 Å². The van der Waals surface area contributed by atoms with Crippen molar-refractivity contribution in [2.75, 3.05) is 29.5 Å². The van der Waals surface area contributed by atoms with Gasteiger partial charge in [0.1, 0.15) is 10.8 Å². The molecule has 2 aromatic heterocycles.